The lowest BCUT2D eigenvalue weighted by molar-refractivity contribution is 0.0609. The molecule has 2 atom stereocenters. The number of nitrogens with one attached hydrogen (secondary N) is 1. The monoisotopic (exact) mass is 528 g/mol. The highest BCUT2D eigenvalue weighted by molar-refractivity contribution is 5.87. The first-order valence-corrected chi connectivity index (χ1v) is 12.9. The van der Waals surface area contributed by atoms with Crippen molar-refractivity contribution in [1.82, 2.24) is 24.4 Å². The molecule has 0 radical (unpaired) electrons. The minimum atomic E-state index is -0.534. The minimum Gasteiger partial charge on any atom is -0.393 e. The number of likely N-dealkylation sites (N-methyl/N-ethyl adjacent to an activating group) is 1. The van der Waals surface area contributed by atoms with Gasteiger partial charge in [0.25, 0.3) is 0 Å². The van der Waals surface area contributed by atoms with Crippen LogP contribution in [0.25, 0.3) is 11.2 Å². The number of ether oxygens (including phenoxy) is 1. The number of methoxy groups -OCH3 is 1. The van der Waals surface area contributed by atoms with Crippen molar-refractivity contribution in [1.29, 1.82) is 0 Å². The number of aryl methyl sites for hydroxylation is 1. The number of nitrogens with two attached hydrogens (primary N) is 2. The van der Waals surface area contributed by atoms with Crippen LogP contribution in [0, 0.1) is 0 Å². The van der Waals surface area contributed by atoms with E-state index < -0.39 is 6.03 Å². The molecule has 0 fully saturated rings. The fraction of sp³-hybridized carbons (Fsp3) is 0.556. The van der Waals surface area contributed by atoms with Crippen molar-refractivity contribution in [2.45, 2.75) is 71.1 Å². The third kappa shape index (κ3) is 10.2. The number of benzene rings is 1. The lowest BCUT2D eigenvalue weighted by Gasteiger charge is -2.23. The number of carbonyl (C=O) groups is 1. The summed E-state index contributed by atoms with van der Waals surface area (Å²) >= 11 is 0. The Hall–Kier alpha value is -3.28. The van der Waals surface area contributed by atoms with Crippen LogP contribution >= 0.6 is 0 Å². The topological polar surface area (TPSA) is 157 Å². The molecule has 11 heteroatoms. The van der Waals surface area contributed by atoms with Crippen molar-refractivity contribution in [3.05, 3.63) is 42.5 Å². The third-order valence-electron chi connectivity index (χ3n) is 6.15. The van der Waals surface area contributed by atoms with Crippen molar-refractivity contribution in [3.63, 3.8) is 0 Å². The molecule has 0 saturated carbocycles. The molecule has 2 unspecified atom stereocenters. The van der Waals surface area contributed by atoms with E-state index in [0.29, 0.717) is 11.3 Å². The Morgan fingerprint density at radius 3 is 2.45 bits per heavy atom. The Bertz CT molecular complexity index is 1130. The molecule has 0 aliphatic rings. The zero-order valence-electron chi connectivity index (χ0n) is 23.5. The summed E-state index contributed by atoms with van der Waals surface area (Å²) in [5.41, 5.74) is 14.3. The number of anilines is 2. The highest BCUT2D eigenvalue weighted by atomic mass is 16.5. The maximum absolute atomic E-state index is 10.6. The van der Waals surface area contributed by atoms with Crippen molar-refractivity contribution < 1.29 is 14.6 Å². The van der Waals surface area contributed by atoms with Gasteiger partial charge in [-0.2, -0.15) is 0 Å². The standard InChI is InChI=1S/C16H28N6O2.C11H16N2O/c1-12(23)5-4-7-21(2)9-13(24-3)6-8-22-11-20-14-15(17)18-10-19-16(14)22;1-11(2,3)8-4-6-9(7-5-8)13-10(12)14/h10-13,23H,4-9H2,1-3H3,(H2,17,18,19);4-7H,1-3H3,(H3,12,13,14). The summed E-state index contributed by atoms with van der Waals surface area (Å²) in [5, 5.41) is 11.8. The second-order valence-electron chi connectivity index (χ2n) is 10.6. The van der Waals surface area contributed by atoms with E-state index in [-0.39, 0.29) is 17.6 Å². The zero-order chi connectivity index (χ0) is 28.3. The number of aliphatic hydroxyl groups excluding tert-OH is 1. The van der Waals surface area contributed by atoms with Crippen LogP contribution in [0.4, 0.5) is 16.3 Å². The average molecular weight is 529 g/mol. The smallest absolute Gasteiger partial charge is 0.316 e. The number of aliphatic hydroxyl groups is 1. The van der Waals surface area contributed by atoms with Crippen LogP contribution in [-0.4, -0.2) is 75.0 Å². The van der Waals surface area contributed by atoms with Gasteiger partial charge < -0.3 is 36.1 Å². The fourth-order valence-electron chi connectivity index (χ4n) is 3.92. The molecule has 6 N–H and O–H groups in total. The molecular weight excluding hydrogens is 484 g/mol. The van der Waals surface area contributed by atoms with Gasteiger partial charge in [-0.05, 0) is 62.9 Å². The quantitative estimate of drug-likeness (QED) is 0.295. The van der Waals surface area contributed by atoms with Gasteiger partial charge in [-0.1, -0.05) is 32.9 Å². The van der Waals surface area contributed by atoms with E-state index in [2.05, 4.69) is 53.0 Å². The van der Waals surface area contributed by atoms with E-state index in [1.54, 1.807) is 13.4 Å². The fourth-order valence-corrected chi connectivity index (χ4v) is 3.92. The maximum Gasteiger partial charge on any atom is 0.316 e. The summed E-state index contributed by atoms with van der Waals surface area (Å²) in [7, 11) is 3.81. The molecule has 2 aromatic heterocycles. The van der Waals surface area contributed by atoms with Crippen LogP contribution in [0.5, 0.6) is 0 Å². The van der Waals surface area contributed by atoms with Crippen molar-refractivity contribution in [2.75, 3.05) is 38.3 Å². The number of hydrogen-bond acceptors (Lipinski definition) is 8. The molecule has 3 aromatic rings. The Kier molecular flexibility index (Phi) is 11.9. The molecule has 0 spiro atoms. The van der Waals surface area contributed by atoms with Crippen molar-refractivity contribution >= 4 is 28.7 Å². The lowest BCUT2D eigenvalue weighted by atomic mass is 9.87. The van der Waals surface area contributed by atoms with Crippen molar-refractivity contribution in [3.8, 4) is 0 Å². The summed E-state index contributed by atoms with van der Waals surface area (Å²) in [5.74, 6) is 0.403. The summed E-state index contributed by atoms with van der Waals surface area (Å²) in [6.07, 6.45) is 5.75. The number of carbonyl (C=O) groups excluding carboxylic acids is 1. The van der Waals surface area contributed by atoms with E-state index in [0.717, 1.165) is 50.2 Å². The summed E-state index contributed by atoms with van der Waals surface area (Å²) in [4.78, 5) is 25.3. The van der Waals surface area contributed by atoms with Crippen LogP contribution in [0.1, 0.15) is 52.5 Å². The number of nitrogens with zero attached hydrogens (tertiary/aromatic N) is 5. The lowest BCUT2D eigenvalue weighted by Crippen LogP contribution is -2.32. The number of amides is 2. The first-order chi connectivity index (χ1) is 17.9. The largest absolute Gasteiger partial charge is 0.393 e. The highest BCUT2D eigenvalue weighted by Crippen LogP contribution is 2.23. The van der Waals surface area contributed by atoms with Crippen LogP contribution in [0.3, 0.4) is 0 Å². The SMILES string of the molecule is CC(C)(C)c1ccc(NC(N)=O)cc1.COC(CCn1cnc2c(N)ncnc21)CN(C)CCCC(C)O. The minimum absolute atomic E-state index is 0.123. The predicted molar refractivity (Wildman–Crippen MR) is 152 cm³/mol. The van der Waals surface area contributed by atoms with Crippen molar-refractivity contribution in [2.24, 2.45) is 5.73 Å². The molecule has 0 aliphatic heterocycles. The van der Waals surface area contributed by atoms with Crippen LogP contribution in [-0.2, 0) is 16.7 Å². The van der Waals surface area contributed by atoms with Gasteiger partial charge in [0.2, 0.25) is 0 Å². The number of imidazole rings is 1. The summed E-state index contributed by atoms with van der Waals surface area (Å²) in [6, 6.07) is 7.15. The Morgan fingerprint density at radius 2 is 1.87 bits per heavy atom. The summed E-state index contributed by atoms with van der Waals surface area (Å²) in [6.45, 7) is 10.8. The second-order valence-corrected chi connectivity index (χ2v) is 10.6. The van der Waals surface area contributed by atoms with Crippen LogP contribution in [0.2, 0.25) is 0 Å². The van der Waals surface area contributed by atoms with Gasteiger partial charge in [0, 0.05) is 25.9 Å². The van der Waals surface area contributed by atoms with Gasteiger partial charge in [-0.25, -0.2) is 19.7 Å². The molecule has 210 valence electrons. The van der Waals surface area contributed by atoms with E-state index in [9.17, 15) is 9.90 Å². The average Bonchev–Trinajstić information content (AvgIpc) is 3.26. The Morgan fingerprint density at radius 1 is 1.18 bits per heavy atom. The van der Waals surface area contributed by atoms with Crippen LogP contribution in [0.15, 0.2) is 36.9 Å². The summed E-state index contributed by atoms with van der Waals surface area (Å²) < 4.78 is 7.58. The van der Waals surface area contributed by atoms with Gasteiger partial charge in [0.05, 0.1) is 18.5 Å². The number of primary amides is 1. The maximum atomic E-state index is 10.6. The predicted octanol–water partition coefficient (Wildman–Crippen LogP) is 3.38. The molecule has 1 aromatic carbocycles. The Labute approximate surface area is 225 Å². The highest BCUT2D eigenvalue weighted by Gasteiger charge is 2.14. The van der Waals surface area contributed by atoms with Crippen LogP contribution < -0.4 is 16.8 Å². The number of fused-ring (bicyclic) bond motifs is 1. The molecule has 3 rings (SSSR count). The van der Waals surface area contributed by atoms with E-state index in [1.807, 2.05) is 35.8 Å². The molecule has 0 saturated heterocycles. The number of nitrogen functional groups attached to an aromatic ring is 1. The molecule has 11 nitrogen and oxygen atoms in total. The first-order valence-electron chi connectivity index (χ1n) is 12.9. The molecular formula is C27H44N8O3. The van der Waals surface area contributed by atoms with Gasteiger partial charge in [0.1, 0.15) is 11.8 Å². The van der Waals surface area contributed by atoms with E-state index in [4.69, 9.17) is 16.2 Å². The first kappa shape index (κ1) is 30.9. The molecule has 0 bridgehead atoms. The molecule has 2 amide bonds. The number of aromatic nitrogens is 4. The van der Waals surface area contributed by atoms with Gasteiger partial charge in [0.15, 0.2) is 11.5 Å². The second kappa shape index (κ2) is 14.6. The number of hydrogen-bond donors (Lipinski definition) is 4. The third-order valence-corrected chi connectivity index (χ3v) is 6.15. The number of urea groups is 1. The van der Waals surface area contributed by atoms with E-state index in [1.165, 1.54) is 11.9 Å². The van der Waals surface area contributed by atoms with Gasteiger partial charge in [-0.15, -0.1) is 0 Å². The Balaban J connectivity index is 0.000000308. The number of rotatable bonds is 11. The van der Waals surface area contributed by atoms with Gasteiger partial charge in [-0.3, -0.25) is 0 Å². The van der Waals surface area contributed by atoms with Gasteiger partial charge >= 0.3 is 6.03 Å². The molecule has 38 heavy (non-hydrogen) atoms. The molecule has 0 aliphatic carbocycles. The zero-order valence-corrected chi connectivity index (χ0v) is 23.5. The normalized spacial score (nSPS) is 13.2. The van der Waals surface area contributed by atoms with E-state index >= 15 is 0 Å². The molecule has 2 heterocycles.